The summed E-state index contributed by atoms with van der Waals surface area (Å²) < 4.78 is 0. The molecule has 134 valence electrons. The van der Waals surface area contributed by atoms with Crippen LogP contribution in [0, 0.1) is 0 Å². The standard InChI is InChI=1S/C16H27N5O2S/c1-15(2)8-11(9-16(3,4)20-15)21(5)13(23)7-6-12(22)18-14-19-17-10-24-14/h10-11,20H,6-9H2,1-5H3,(H,18,19,22). The van der Waals surface area contributed by atoms with Gasteiger partial charge in [-0.25, -0.2) is 0 Å². The van der Waals surface area contributed by atoms with Gasteiger partial charge < -0.3 is 15.5 Å². The number of hydrogen-bond donors (Lipinski definition) is 2. The monoisotopic (exact) mass is 353 g/mol. The van der Waals surface area contributed by atoms with Gasteiger partial charge in [-0.05, 0) is 40.5 Å². The molecule has 2 rings (SSSR count). The maximum Gasteiger partial charge on any atom is 0.226 e. The molecule has 0 radical (unpaired) electrons. The molecule has 0 aromatic carbocycles. The Morgan fingerprint density at radius 1 is 1.29 bits per heavy atom. The molecule has 24 heavy (non-hydrogen) atoms. The maximum absolute atomic E-state index is 12.5. The number of hydrogen-bond acceptors (Lipinski definition) is 6. The van der Waals surface area contributed by atoms with Gasteiger partial charge in [0.2, 0.25) is 16.9 Å². The molecule has 1 aliphatic heterocycles. The van der Waals surface area contributed by atoms with E-state index in [-0.39, 0.29) is 41.8 Å². The van der Waals surface area contributed by atoms with Crippen LogP contribution in [0.4, 0.5) is 5.13 Å². The molecule has 0 saturated carbocycles. The molecule has 1 aliphatic rings. The molecule has 0 atom stereocenters. The summed E-state index contributed by atoms with van der Waals surface area (Å²) in [5.74, 6) is -0.208. The summed E-state index contributed by atoms with van der Waals surface area (Å²) in [5.41, 5.74) is 1.52. The van der Waals surface area contributed by atoms with Crippen molar-refractivity contribution >= 4 is 28.3 Å². The fourth-order valence-electron chi connectivity index (χ4n) is 3.55. The lowest BCUT2D eigenvalue weighted by Gasteiger charge is -2.49. The molecule has 0 unspecified atom stereocenters. The van der Waals surface area contributed by atoms with Crippen LogP contribution in [0.2, 0.25) is 0 Å². The van der Waals surface area contributed by atoms with Crippen molar-refractivity contribution in [3.63, 3.8) is 0 Å². The molecular weight excluding hydrogens is 326 g/mol. The van der Waals surface area contributed by atoms with Crippen LogP contribution in [0.1, 0.15) is 53.4 Å². The molecule has 0 aliphatic carbocycles. The quantitative estimate of drug-likeness (QED) is 0.846. The highest BCUT2D eigenvalue weighted by Crippen LogP contribution is 2.31. The van der Waals surface area contributed by atoms with Gasteiger partial charge in [-0.3, -0.25) is 9.59 Å². The van der Waals surface area contributed by atoms with Gasteiger partial charge in [0.05, 0.1) is 0 Å². The van der Waals surface area contributed by atoms with Gasteiger partial charge in [0.1, 0.15) is 5.51 Å². The third-order valence-corrected chi connectivity index (χ3v) is 4.89. The average Bonchev–Trinajstić information content (AvgIpc) is 2.93. The highest BCUT2D eigenvalue weighted by Gasteiger charge is 2.40. The predicted octanol–water partition coefficient (Wildman–Crippen LogP) is 2.02. The molecule has 0 bridgehead atoms. The van der Waals surface area contributed by atoms with E-state index in [4.69, 9.17) is 0 Å². The highest BCUT2D eigenvalue weighted by molar-refractivity contribution is 7.13. The van der Waals surface area contributed by atoms with Gasteiger partial charge in [0, 0.05) is 37.0 Å². The minimum atomic E-state index is -0.209. The minimum absolute atomic E-state index is 0.000846. The van der Waals surface area contributed by atoms with Crippen molar-refractivity contribution in [2.45, 2.75) is 70.5 Å². The molecule has 1 aromatic rings. The second-order valence-electron chi connectivity index (χ2n) is 7.75. The molecule has 8 heteroatoms. The molecule has 2 heterocycles. The molecule has 0 spiro atoms. The lowest BCUT2D eigenvalue weighted by atomic mass is 9.79. The van der Waals surface area contributed by atoms with E-state index in [1.807, 2.05) is 11.9 Å². The molecular formula is C16H27N5O2S. The van der Waals surface area contributed by atoms with Crippen molar-refractivity contribution in [3.05, 3.63) is 5.51 Å². The summed E-state index contributed by atoms with van der Waals surface area (Å²) in [6.07, 6.45) is 2.15. The van der Waals surface area contributed by atoms with Crippen LogP contribution in [-0.4, -0.2) is 51.1 Å². The number of amides is 2. The summed E-state index contributed by atoms with van der Waals surface area (Å²) in [4.78, 5) is 26.1. The van der Waals surface area contributed by atoms with Gasteiger partial charge in [-0.1, -0.05) is 11.3 Å². The number of aromatic nitrogens is 2. The van der Waals surface area contributed by atoms with Gasteiger partial charge in [-0.2, -0.15) is 0 Å². The number of nitrogens with one attached hydrogen (secondary N) is 2. The van der Waals surface area contributed by atoms with E-state index >= 15 is 0 Å². The Hall–Kier alpha value is -1.54. The van der Waals surface area contributed by atoms with Crippen LogP contribution in [0.3, 0.4) is 0 Å². The van der Waals surface area contributed by atoms with Crippen molar-refractivity contribution in [2.24, 2.45) is 0 Å². The fourth-order valence-corrected chi connectivity index (χ4v) is 4.01. The molecule has 1 fully saturated rings. The van der Waals surface area contributed by atoms with E-state index in [9.17, 15) is 9.59 Å². The number of carbonyl (C=O) groups is 2. The van der Waals surface area contributed by atoms with Crippen molar-refractivity contribution in [1.82, 2.24) is 20.4 Å². The van der Waals surface area contributed by atoms with Crippen molar-refractivity contribution in [3.8, 4) is 0 Å². The Morgan fingerprint density at radius 2 is 1.92 bits per heavy atom. The number of nitrogens with zero attached hydrogens (tertiary/aromatic N) is 3. The molecule has 7 nitrogen and oxygen atoms in total. The first-order valence-electron chi connectivity index (χ1n) is 8.19. The van der Waals surface area contributed by atoms with E-state index in [1.54, 1.807) is 5.51 Å². The van der Waals surface area contributed by atoms with E-state index in [0.717, 1.165) is 12.8 Å². The summed E-state index contributed by atoms with van der Waals surface area (Å²) in [6, 6.07) is 0.176. The van der Waals surface area contributed by atoms with Crippen LogP contribution < -0.4 is 10.6 Å². The largest absolute Gasteiger partial charge is 0.343 e. The first kappa shape index (κ1) is 18.8. The van der Waals surface area contributed by atoms with Crippen LogP contribution >= 0.6 is 11.3 Å². The Kier molecular flexibility index (Phi) is 5.59. The zero-order valence-electron chi connectivity index (χ0n) is 15.0. The summed E-state index contributed by atoms with van der Waals surface area (Å²) in [7, 11) is 1.84. The second-order valence-corrected chi connectivity index (χ2v) is 8.58. The van der Waals surface area contributed by atoms with E-state index in [2.05, 4.69) is 48.5 Å². The van der Waals surface area contributed by atoms with Crippen LogP contribution in [0.15, 0.2) is 5.51 Å². The zero-order chi connectivity index (χ0) is 18.0. The third-order valence-electron chi connectivity index (χ3n) is 4.28. The molecule has 2 N–H and O–H groups in total. The highest BCUT2D eigenvalue weighted by atomic mass is 32.1. The normalized spacial score (nSPS) is 19.7. The summed E-state index contributed by atoms with van der Waals surface area (Å²) >= 11 is 1.26. The number of carbonyl (C=O) groups excluding carboxylic acids is 2. The third kappa shape index (κ3) is 5.24. The number of anilines is 1. The van der Waals surface area contributed by atoms with Gasteiger partial charge >= 0.3 is 0 Å². The SMILES string of the molecule is CN(C(=O)CCC(=O)Nc1nncs1)C1CC(C)(C)NC(C)(C)C1. The Labute approximate surface area is 147 Å². The molecule has 1 aromatic heterocycles. The van der Waals surface area contributed by atoms with Gasteiger partial charge in [0.15, 0.2) is 0 Å². The maximum atomic E-state index is 12.5. The molecule has 1 saturated heterocycles. The van der Waals surface area contributed by atoms with Crippen LogP contribution in [0.5, 0.6) is 0 Å². The topological polar surface area (TPSA) is 87.2 Å². The second kappa shape index (κ2) is 7.14. The van der Waals surface area contributed by atoms with Crippen molar-refractivity contribution < 1.29 is 9.59 Å². The van der Waals surface area contributed by atoms with E-state index in [0.29, 0.717) is 5.13 Å². The zero-order valence-corrected chi connectivity index (χ0v) is 15.9. The van der Waals surface area contributed by atoms with Crippen LogP contribution in [0.25, 0.3) is 0 Å². The Balaban J connectivity index is 1.86. The van der Waals surface area contributed by atoms with Crippen molar-refractivity contribution in [2.75, 3.05) is 12.4 Å². The summed E-state index contributed by atoms with van der Waals surface area (Å²) in [6.45, 7) is 8.65. The van der Waals surface area contributed by atoms with Gasteiger partial charge in [-0.15, -0.1) is 10.2 Å². The van der Waals surface area contributed by atoms with Crippen molar-refractivity contribution in [1.29, 1.82) is 0 Å². The smallest absolute Gasteiger partial charge is 0.226 e. The number of rotatable bonds is 5. The Bertz CT molecular complexity index is 569. The van der Waals surface area contributed by atoms with Crippen LogP contribution in [-0.2, 0) is 9.59 Å². The lowest BCUT2D eigenvalue weighted by molar-refractivity contribution is -0.135. The first-order chi connectivity index (χ1) is 11.1. The lowest BCUT2D eigenvalue weighted by Crippen LogP contribution is -2.62. The van der Waals surface area contributed by atoms with E-state index < -0.39 is 0 Å². The first-order valence-corrected chi connectivity index (χ1v) is 9.07. The summed E-state index contributed by atoms with van der Waals surface area (Å²) in [5, 5.41) is 14.1. The predicted molar refractivity (Wildman–Crippen MR) is 94.9 cm³/mol. The van der Waals surface area contributed by atoms with E-state index in [1.165, 1.54) is 11.3 Å². The fraction of sp³-hybridized carbons (Fsp3) is 0.750. The number of piperidine rings is 1. The minimum Gasteiger partial charge on any atom is -0.343 e. The molecule has 2 amide bonds. The average molecular weight is 353 g/mol. The van der Waals surface area contributed by atoms with Gasteiger partial charge in [0.25, 0.3) is 0 Å². The Morgan fingerprint density at radius 3 is 2.46 bits per heavy atom.